The number of pyridine rings is 1. The van der Waals surface area contributed by atoms with E-state index < -0.39 is 10.0 Å². The summed E-state index contributed by atoms with van der Waals surface area (Å²) in [6.07, 6.45) is 2.64. The molecule has 0 radical (unpaired) electrons. The monoisotopic (exact) mass is 293 g/mol. The molecule has 0 aliphatic rings. The van der Waals surface area contributed by atoms with Crippen molar-refractivity contribution in [3.63, 3.8) is 0 Å². The highest BCUT2D eigenvalue weighted by Crippen LogP contribution is 2.14. The van der Waals surface area contributed by atoms with E-state index in [0.29, 0.717) is 11.4 Å². The van der Waals surface area contributed by atoms with Gasteiger partial charge in [0.25, 0.3) is 10.0 Å². The van der Waals surface area contributed by atoms with Crippen molar-refractivity contribution >= 4 is 16.0 Å². The van der Waals surface area contributed by atoms with Crippen LogP contribution in [0.3, 0.4) is 0 Å². The van der Waals surface area contributed by atoms with Gasteiger partial charge in [-0.3, -0.25) is 4.98 Å². The molecule has 9 heteroatoms. The fourth-order valence-corrected chi connectivity index (χ4v) is 2.21. The molecule has 0 aliphatic carbocycles. The lowest BCUT2D eigenvalue weighted by Gasteiger charge is -2.03. The molecule has 2 aromatic rings. The first kappa shape index (κ1) is 14.0. The largest absolute Gasteiger partial charge is 0.335 e. The summed E-state index contributed by atoms with van der Waals surface area (Å²) in [5.41, 5.74) is 5.70. The first-order valence-electron chi connectivity index (χ1n) is 5.48. The Morgan fingerprint density at radius 3 is 2.90 bits per heavy atom. The standard InChI is InChI=1S/C11H11N5O3S/c1-8-14-11(19-15-8)16-20(17,18)10-5-9(3-2-4-12)6-13-7-10/h5-7H,4,12H2,1H3,(H,14,15,16). The van der Waals surface area contributed by atoms with E-state index in [1.54, 1.807) is 6.92 Å². The van der Waals surface area contributed by atoms with Crippen molar-refractivity contribution in [2.24, 2.45) is 5.73 Å². The van der Waals surface area contributed by atoms with Crippen molar-refractivity contribution in [3.8, 4) is 11.8 Å². The van der Waals surface area contributed by atoms with Gasteiger partial charge >= 0.3 is 6.01 Å². The number of anilines is 1. The second kappa shape index (κ2) is 5.68. The van der Waals surface area contributed by atoms with E-state index in [0.717, 1.165) is 0 Å². The Kier molecular flexibility index (Phi) is 3.97. The van der Waals surface area contributed by atoms with Gasteiger partial charge in [-0.05, 0) is 13.0 Å². The van der Waals surface area contributed by atoms with E-state index in [2.05, 4.69) is 31.7 Å². The number of aromatic nitrogens is 3. The maximum Gasteiger partial charge on any atom is 0.335 e. The van der Waals surface area contributed by atoms with Gasteiger partial charge in [-0.25, -0.2) is 13.1 Å². The molecule has 0 saturated heterocycles. The van der Waals surface area contributed by atoms with Crippen LogP contribution in [-0.4, -0.2) is 30.1 Å². The predicted octanol–water partition coefficient (Wildman–Crippen LogP) is -0.116. The summed E-state index contributed by atoms with van der Waals surface area (Å²) in [4.78, 5) is 7.52. The van der Waals surface area contributed by atoms with Crippen LogP contribution in [0.1, 0.15) is 11.4 Å². The molecule has 0 spiro atoms. The molecule has 0 bridgehead atoms. The number of hydrogen-bond acceptors (Lipinski definition) is 7. The maximum atomic E-state index is 12.1. The van der Waals surface area contributed by atoms with Crippen molar-refractivity contribution in [2.45, 2.75) is 11.8 Å². The average Bonchev–Trinajstić information content (AvgIpc) is 2.81. The van der Waals surface area contributed by atoms with Crippen LogP contribution in [-0.2, 0) is 10.0 Å². The minimum Gasteiger partial charge on any atom is -0.320 e. The molecular formula is C11H11N5O3S. The SMILES string of the molecule is Cc1noc(NS(=O)(=O)c2cncc(C#CCN)c2)n1. The van der Waals surface area contributed by atoms with Crippen molar-refractivity contribution in [3.05, 3.63) is 29.8 Å². The van der Waals surface area contributed by atoms with E-state index in [4.69, 9.17) is 10.3 Å². The second-order valence-corrected chi connectivity index (χ2v) is 5.35. The molecule has 0 atom stereocenters. The van der Waals surface area contributed by atoms with Crippen LogP contribution in [0, 0.1) is 18.8 Å². The van der Waals surface area contributed by atoms with Gasteiger partial charge in [-0.15, -0.1) is 0 Å². The molecule has 2 rings (SSSR count). The van der Waals surface area contributed by atoms with Crippen molar-refractivity contribution in [2.75, 3.05) is 11.3 Å². The van der Waals surface area contributed by atoms with Gasteiger partial charge in [0.1, 0.15) is 4.90 Å². The molecule has 20 heavy (non-hydrogen) atoms. The molecule has 8 nitrogen and oxygen atoms in total. The maximum absolute atomic E-state index is 12.1. The van der Waals surface area contributed by atoms with Crippen molar-refractivity contribution < 1.29 is 12.9 Å². The zero-order valence-corrected chi connectivity index (χ0v) is 11.3. The number of nitrogens with zero attached hydrogens (tertiary/aromatic N) is 3. The van der Waals surface area contributed by atoms with Crippen LogP contribution in [0.4, 0.5) is 6.01 Å². The lowest BCUT2D eigenvalue weighted by Crippen LogP contribution is -2.13. The third kappa shape index (κ3) is 3.31. The highest BCUT2D eigenvalue weighted by molar-refractivity contribution is 7.92. The highest BCUT2D eigenvalue weighted by atomic mass is 32.2. The summed E-state index contributed by atoms with van der Waals surface area (Å²) >= 11 is 0. The van der Waals surface area contributed by atoms with Crippen LogP contribution in [0.5, 0.6) is 0 Å². The summed E-state index contributed by atoms with van der Waals surface area (Å²) in [7, 11) is -3.86. The molecule has 3 N–H and O–H groups in total. The van der Waals surface area contributed by atoms with Crippen LogP contribution in [0.15, 0.2) is 27.9 Å². The third-order valence-corrected chi connectivity index (χ3v) is 3.39. The normalized spacial score (nSPS) is 10.7. The Labute approximate surface area is 115 Å². The summed E-state index contributed by atoms with van der Waals surface area (Å²) in [6.45, 7) is 1.75. The average molecular weight is 293 g/mol. The summed E-state index contributed by atoms with van der Waals surface area (Å²) in [5.74, 6) is 5.64. The molecule has 0 saturated carbocycles. The van der Waals surface area contributed by atoms with Gasteiger partial charge in [-0.1, -0.05) is 17.0 Å². The number of rotatable bonds is 3. The van der Waals surface area contributed by atoms with Gasteiger partial charge in [0.15, 0.2) is 5.82 Å². The van der Waals surface area contributed by atoms with Crippen LogP contribution in [0.2, 0.25) is 0 Å². The lowest BCUT2D eigenvalue weighted by atomic mass is 10.3. The van der Waals surface area contributed by atoms with Crippen molar-refractivity contribution in [1.82, 2.24) is 15.1 Å². The molecule has 0 amide bonds. The van der Waals surface area contributed by atoms with Gasteiger partial charge < -0.3 is 10.3 Å². The number of aryl methyl sites for hydroxylation is 1. The molecule has 2 heterocycles. The second-order valence-electron chi connectivity index (χ2n) is 3.67. The number of hydrogen-bond donors (Lipinski definition) is 2. The summed E-state index contributed by atoms with van der Waals surface area (Å²) in [5, 5.41) is 3.49. The Hall–Kier alpha value is -2.44. The van der Waals surface area contributed by atoms with Gasteiger partial charge in [0.05, 0.1) is 6.54 Å². The fourth-order valence-electron chi connectivity index (χ4n) is 1.30. The van der Waals surface area contributed by atoms with Gasteiger partial charge in [-0.2, -0.15) is 4.98 Å². The van der Waals surface area contributed by atoms with E-state index in [1.807, 2.05) is 0 Å². The number of nitrogens with one attached hydrogen (secondary N) is 1. The predicted molar refractivity (Wildman–Crippen MR) is 70.0 cm³/mol. The highest BCUT2D eigenvalue weighted by Gasteiger charge is 2.18. The molecule has 0 aliphatic heterocycles. The molecule has 0 fully saturated rings. The summed E-state index contributed by atoms with van der Waals surface area (Å²) in [6, 6.07) is 1.17. The van der Waals surface area contributed by atoms with E-state index in [-0.39, 0.29) is 17.5 Å². The third-order valence-electron chi connectivity index (χ3n) is 2.11. The first-order chi connectivity index (χ1) is 9.51. The molecule has 0 unspecified atom stereocenters. The van der Waals surface area contributed by atoms with Gasteiger partial charge in [0, 0.05) is 18.0 Å². The quantitative estimate of drug-likeness (QED) is 0.756. The molecule has 104 valence electrons. The zero-order valence-electron chi connectivity index (χ0n) is 10.5. The number of sulfonamides is 1. The fraction of sp³-hybridized carbons (Fsp3) is 0.182. The van der Waals surface area contributed by atoms with E-state index >= 15 is 0 Å². The number of nitrogens with two attached hydrogens (primary N) is 1. The Morgan fingerprint density at radius 1 is 1.45 bits per heavy atom. The van der Waals surface area contributed by atoms with Crippen molar-refractivity contribution in [1.29, 1.82) is 0 Å². The van der Waals surface area contributed by atoms with Crippen LogP contribution >= 0.6 is 0 Å². The molecule has 0 aromatic carbocycles. The lowest BCUT2D eigenvalue weighted by molar-refractivity contribution is 0.429. The van der Waals surface area contributed by atoms with E-state index in [1.165, 1.54) is 18.5 Å². The Balaban J connectivity index is 2.29. The van der Waals surface area contributed by atoms with E-state index in [9.17, 15) is 8.42 Å². The molecular weight excluding hydrogens is 282 g/mol. The topological polar surface area (TPSA) is 124 Å². The Bertz CT molecular complexity index is 773. The van der Waals surface area contributed by atoms with Gasteiger partial charge in [0.2, 0.25) is 0 Å². The minimum absolute atomic E-state index is 0.0582. The minimum atomic E-state index is -3.86. The van der Waals surface area contributed by atoms with Crippen LogP contribution in [0.25, 0.3) is 0 Å². The first-order valence-corrected chi connectivity index (χ1v) is 6.97. The molecule has 2 aromatic heterocycles. The smallest absolute Gasteiger partial charge is 0.320 e. The zero-order chi connectivity index (χ0) is 14.6. The van der Waals surface area contributed by atoms with Crippen LogP contribution < -0.4 is 10.5 Å². The Morgan fingerprint density at radius 2 is 2.25 bits per heavy atom. The summed E-state index contributed by atoms with van der Waals surface area (Å²) < 4.78 is 31.0.